The first-order valence-corrected chi connectivity index (χ1v) is 10.2. The maximum Gasteiger partial charge on any atom is 0.225 e. The number of halogens is 2. The van der Waals surface area contributed by atoms with Crippen molar-refractivity contribution in [2.75, 3.05) is 34.8 Å². The van der Waals surface area contributed by atoms with E-state index in [-0.39, 0.29) is 11.1 Å². The summed E-state index contributed by atoms with van der Waals surface area (Å²) in [6.45, 7) is 1.70. The topological polar surface area (TPSA) is 83.9 Å². The van der Waals surface area contributed by atoms with Crippen LogP contribution in [-0.4, -0.2) is 48.7 Å². The molecule has 3 heterocycles. The van der Waals surface area contributed by atoms with E-state index in [1.165, 1.54) is 18.5 Å². The lowest BCUT2D eigenvalue weighted by atomic mass is 10.2. The molecule has 0 spiro atoms. The maximum atomic E-state index is 13.1. The summed E-state index contributed by atoms with van der Waals surface area (Å²) < 4.78 is 24.7. The molecule has 0 aliphatic carbocycles. The zero-order valence-electron chi connectivity index (χ0n) is 14.2. The van der Waals surface area contributed by atoms with Crippen LogP contribution in [0.5, 0.6) is 0 Å². The second kappa shape index (κ2) is 7.69. The van der Waals surface area contributed by atoms with Gasteiger partial charge in [0, 0.05) is 41.9 Å². The molecule has 1 aromatic carbocycles. The van der Waals surface area contributed by atoms with Gasteiger partial charge < -0.3 is 10.2 Å². The molecule has 10 heteroatoms. The monoisotopic (exact) mass is 406 g/mol. The van der Waals surface area contributed by atoms with Gasteiger partial charge >= 0.3 is 0 Å². The molecule has 27 heavy (non-hydrogen) atoms. The molecule has 4 rings (SSSR count). The molecule has 1 fully saturated rings. The van der Waals surface area contributed by atoms with Gasteiger partial charge in [-0.25, -0.2) is 19.3 Å². The lowest BCUT2D eigenvalue weighted by Crippen LogP contribution is -2.38. The fourth-order valence-electron chi connectivity index (χ4n) is 2.89. The quantitative estimate of drug-likeness (QED) is 0.666. The van der Waals surface area contributed by atoms with Crippen LogP contribution in [0.3, 0.4) is 0 Å². The highest BCUT2D eigenvalue weighted by Gasteiger charge is 2.21. The van der Waals surface area contributed by atoms with Gasteiger partial charge in [0.15, 0.2) is 11.6 Å². The van der Waals surface area contributed by atoms with Gasteiger partial charge in [0.2, 0.25) is 5.28 Å². The number of hydrogen-bond acceptors (Lipinski definition) is 7. The third-order valence-electron chi connectivity index (χ3n) is 4.29. The first-order valence-electron chi connectivity index (χ1n) is 8.36. The molecule has 1 aliphatic heterocycles. The SMILES string of the molecule is O=S1CCN(c2nc(Cl)nc3c(NCc4ccc(F)cc4)ncnc23)CC1. The van der Waals surface area contributed by atoms with Crippen molar-refractivity contribution in [1.29, 1.82) is 0 Å². The smallest absolute Gasteiger partial charge is 0.225 e. The van der Waals surface area contributed by atoms with E-state index in [1.54, 1.807) is 12.1 Å². The average Bonchev–Trinajstić information content (AvgIpc) is 2.68. The molecule has 1 saturated heterocycles. The summed E-state index contributed by atoms with van der Waals surface area (Å²) in [7, 11) is -0.794. The number of anilines is 2. The summed E-state index contributed by atoms with van der Waals surface area (Å²) in [5.74, 6) is 2.04. The Morgan fingerprint density at radius 3 is 2.59 bits per heavy atom. The summed E-state index contributed by atoms with van der Waals surface area (Å²) >= 11 is 6.14. The van der Waals surface area contributed by atoms with E-state index >= 15 is 0 Å². The molecule has 7 nitrogen and oxygen atoms in total. The van der Waals surface area contributed by atoms with Gasteiger partial charge in [-0.1, -0.05) is 12.1 Å². The molecule has 3 aromatic rings. The zero-order valence-corrected chi connectivity index (χ0v) is 15.8. The summed E-state index contributed by atoms with van der Waals surface area (Å²) in [4.78, 5) is 19.3. The van der Waals surface area contributed by atoms with Gasteiger partial charge in [-0.15, -0.1) is 0 Å². The van der Waals surface area contributed by atoms with Crippen molar-refractivity contribution >= 4 is 45.1 Å². The molecule has 0 unspecified atom stereocenters. The summed E-state index contributed by atoms with van der Waals surface area (Å²) in [5.41, 5.74) is 2.01. The Bertz CT molecular complexity index is 993. The van der Waals surface area contributed by atoms with Crippen molar-refractivity contribution in [1.82, 2.24) is 19.9 Å². The predicted molar refractivity (Wildman–Crippen MR) is 104 cm³/mol. The number of benzene rings is 1. The van der Waals surface area contributed by atoms with Crippen molar-refractivity contribution in [2.45, 2.75) is 6.54 Å². The van der Waals surface area contributed by atoms with E-state index in [4.69, 9.17) is 11.6 Å². The molecule has 0 saturated carbocycles. The molecular weight excluding hydrogens is 391 g/mol. The fourth-order valence-corrected chi connectivity index (χ4v) is 4.11. The van der Waals surface area contributed by atoms with Crippen LogP contribution < -0.4 is 10.2 Å². The Morgan fingerprint density at radius 1 is 1.11 bits per heavy atom. The van der Waals surface area contributed by atoms with Gasteiger partial charge in [0.25, 0.3) is 0 Å². The number of fused-ring (bicyclic) bond motifs is 1. The van der Waals surface area contributed by atoms with Crippen molar-refractivity contribution in [3.05, 3.63) is 47.3 Å². The Kier molecular flexibility index (Phi) is 5.13. The van der Waals surface area contributed by atoms with Crippen LogP contribution in [0.1, 0.15) is 5.56 Å². The second-order valence-corrected chi connectivity index (χ2v) is 8.09. The minimum absolute atomic E-state index is 0.101. The van der Waals surface area contributed by atoms with Crippen molar-refractivity contribution in [2.24, 2.45) is 0 Å². The lowest BCUT2D eigenvalue weighted by molar-refractivity contribution is 0.627. The normalized spacial score (nSPS) is 15.3. The van der Waals surface area contributed by atoms with Crippen molar-refractivity contribution < 1.29 is 8.60 Å². The third-order valence-corrected chi connectivity index (χ3v) is 5.73. The van der Waals surface area contributed by atoms with Crippen LogP contribution >= 0.6 is 11.6 Å². The highest BCUT2D eigenvalue weighted by Crippen LogP contribution is 2.28. The molecule has 2 aromatic heterocycles. The van der Waals surface area contributed by atoms with Gasteiger partial charge in [-0.05, 0) is 29.3 Å². The number of rotatable bonds is 4. The van der Waals surface area contributed by atoms with Crippen LogP contribution in [0.25, 0.3) is 11.0 Å². The fraction of sp³-hybridized carbons (Fsp3) is 0.294. The molecule has 0 bridgehead atoms. The molecular formula is C17H16ClFN6OS. The van der Waals surface area contributed by atoms with Crippen LogP contribution in [-0.2, 0) is 17.3 Å². The second-order valence-electron chi connectivity index (χ2n) is 6.05. The Labute approximate surface area is 162 Å². The number of aromatic nitrogens is 4. The highest BCUT2D eigenvalue weighted by atomic mass is 35.5. The van der Waals surface area contributed by atoms with Crippen molar-refractivity contribution in [3.63, 3.8) is 0 Å². The Balaban J connectivity index is 1.66. The largest absolute Gasteiger partial charge is 0.364 e. The predicted octanol–water partition coefficient (Wildman–Crippen LogP) is 2.39. The van der Waals surface area contributed by atoms with E-state index < -0.39 is 10.8 Å². The van der Waals surface area contributed by atoms with Gasteiger partial charge in [0.05, 0.1) is 0 Å². The first kappa shape index (κ1) is 18.0. The molecule has 1 aliphatic rings. The lowest BCUT2D eigenvalue weighted by Gasteiger charge is -2.27. The molecule has 1 N–H and O–H groups in total. The van der Waals surface area contributed by atoms with Gasteiger partial charge in [-0.2, -0.15) is 4.98 Å². The number of nitrogens with one attached hydrogen (secondary N) is 1. The molecule has 0 atom stereocenters. The standard InChI is InChI=1S/C17H16ClFN6OS/c18-17-23-13-14(16(24-17)25-5-7-27(26)8-6-25)21-10-22-15(13)20-9-11-1-3-12(19)4-2-11/h1-4,10H,5-9H2,(H,20,21,22). The summed E-state index contributed by atoms with van der Waals surface area (Å²) in [6, 6.07) is 6.22. The minimum Gasteiger partial charge on any atom is -0.364 e. The third kappa shape index (κ3) is 3.98. The van der Waals surface area contributed by atoms with E-state index in [0.717, 1.165) is 5.56 Å². The molecule has 0 amide bonds. The number of hydrogen-bond donors (Lipinski definition) is 1. The van der Waals surface area contributed by atoms with Crippen LogP contribution in [0, 0.1) is 5.82 Å². The average molecular weight is 407 g/mol. The minimum atomic E-state index is -0.794. The van der Waals surface area contributed by atoms with Crippen LogP contribution in [0.15, 0.2) is 30.6 Å². The Morgan fingerprint density at radius 2 is 1.85 bits per heavy atom. The summed E-state index contributed by atoms with van der Waals surface area (Å²) in [6.07, 6.45) is 1.44. The molecule has 140 valence electrons. The van der Waals surface area contributed by atoms with Gasteiger partial charge in [0.1, 0.15) is 23.2 Å². The van der Waals surface area contributed by atoms with E-state index in [9.17, 15) is 8.60 Å². The maximum absolute atomic E-state index is 13.1. The first-order chi connectivity index (χ1) is 13.1. The van der Waals surface area contributed by atoms with E-state index in [2.05, 4.69) is 25.3 Å². The number of nitrogens with zero attached hydrogens (tertiary/aromatic N) is 5. The van der Waals surface area contributed by atoms with Gasteiger partial charge in [-0.3, -0.25) is 4.21 Å². The molecule has 0 radical (unpaired) electrons. The van der Waals surface area contributed by atoms with E-state index in [1.807, 2.05) is 4.90 Å². The highest BCUT2D eigenvalue weighted by molar-refractivity contribution is 7.85. The van der Waals surface area contributed by atoms with E-state index in [0.29, 0.717) is 53.8 Å². The van der Waals surface area contributed by atoms with Crippen LogP contribution in [0.2, 0.25) is 5.28 Å². The summed E-state index contributed by atoms with van der Waals surface area (Å²) in [5, 5.41) is 3.30. The van der Waals surface area contributed by atoms with Crippen molar-refractivity contribution in [3.8, 4) is 0 Å². The van der Waals surface area contributed by atoms with Crippen LogP contribution in [0.4, 0.5) is 16.0 Å². The Hall–Kier alpha value is -2.39. The zero-order chi connectivity index (χ0) is 18.8.